The number of hydrogen-bond acceptors (Lipinski definition) is 4. The Balaban J connectivity index is 1.57. The third kappa shape index (κ3) is 3.26. The fourth-order valence-corrected chi connectivity index (χ4v) is 3.00. The second kappa shape index (κ2) is 6.66. The molecule has 25 heavy (non-hydrogen) atoms. The molecule has 1 aliphatic rings. The number of nitrogens with one attached hydrogen (secondary N) is 2. The van der Waals surface area contributed by atoms with Gasteiger partial charge in [-0.05, 0) is 35.9 Å². The van der Waals surface area contributed by atoms with Gasteiger partial charge in [0.05, 0.1) is 24.0 Å². The number of fused-ring (bicyclic) bond motifs is 1. The molecule has 0 amide bonds. The van der Waals surface area contributed by atoms with Crippen molar-refractivity contribution >= 4 is 22.8 Å². The average molecular weight is 339 g/mol. The molecule has 2 heterocycles. The molecular weight excluding hydrogens is 321 g/mol. The van der Waals surface area contributed by atoms with Gasteiger partial charge >= 0.3 is 0 Å². The highest BCUT2D eigenvalue weighted by atomic mass is 19.1. The number of aliphatic imine (C=N–C) groups is 1. The van der Waals surface area contributed by atoms with Gasteiger partial charge in [0.1, 0.15) is 5.82 Å². The first-order valence-electron chi connectivity index (χ1n) is 8.17. The minimum Gasteiger partial charge on any atom is -0.494 e. The quantitative estimate of drug-likeness (QED) is 0.640. The molecule has 3 aromatic rings. The summed E-state index contributed by atoms with van der Waals surface area (Å²) in [6.07, 6.45) is 1.61. The molecule has 4 rings (SSSR count). The summed E-state index contributed by atoms with van der Waals surface area (Å²) in [6.45, 7) is 2.39. The standard InChI is InChI=1S/C19H18FN3O2/c20-13-3-6-17-15(9-13)16(19(24)23-17)10-22-14-4-1-12(2-5-14)18-11-21-7-8-25-18/h1-6,9-10,18,21,23-24H,7-8,11H2. The highest BCUT2D eigenvalue weighted by Gasteiger charge is 2.15. The highest BCUT2D eigenvalue weighted by Crippen LogP contribution is 2.27. The largest absolute Gasteiger partial charge is 0.494 e. The van der Waals surface area contributed by atoms with Gasteiger partial charge in [-0.3, -0.25) is 4.99 Å². The number of benzene rings is 2. The van der Waals surface area contributed by atoms with Crippen LogP contribution in [-0.4, -0.2) is 36.0 Å². The maximum atomic E-state index is 13.5. The molecule has 0 radical (unpaired) electrons. The van der Waals surface area contributed by atoms with E-state index in [0.29, 0.717) is 23.1 Å². The molecule has 0 saturated carbocycles. The van der Waals surface area contributed by atoms with Crippen LogP contribution >= 0.6 is 0 Å². The van der Waals surface area contributed by atoms with Gasteiger partial charge in [0, 0.05) is 30.2 Å². The Bertz CT molecular complexity index is 912. The van der Waals surface area contributed by atoms with Gasteiger partial charge in [-0.1, -0.05) is 12.1 Å². The van der Waals surface area contributed by atoms with Crippen molar-refractivity contribution in [3.8, 4) is 5.88 Å². The van der Waals surface area contributed by atoms with Crippen molar-refractivity contribution in [3.63, 3.8) is 0 Å². The number of aromatic nitrogens is 1. The number of H-pyrrole nitrogens is 1. The smallest absolute Gasteiger partial charge is 0.198 e. The molecule has 3 N–H and O–H groups in total. The maximum Gasteiger partial charge on any atom is 0.198 e. The first kappa shape index (κ1) is 15.8. The van der Waals surface area contributed by atoms with Crippen molar-refractivity contribution in [3.05, 3.63) is 59.4 Å². The van der Waals surface area contributed by atoms with Crippen LogP contribution in [0.2, 0.25) is 0 Å². The topological polar surface area (TPSA) is 69.6 Å². The number of rotatable bonds is 3. The molecule has 1 unspecified atom stereocenters. The number of nitrogens with zero attached hydrogens (tertiary/aromatic N) is 1. The summed E-state index contributed by atoms with van der Waals surface area (Å²) < 4.78 is 19.2. The lowest BCUT2D eigenvalue weighted by molar-refractivity contribution is 0.0277. The third-order valence-corrected chi connectivity index (χ3v) is 4.32. The molecule has 1 fully saturated rings. The Kier molecular flexibility index (Phi) is 4.21. The number of hydrogen-bond donors (Lipinski definition) is 3. The summed E-state index contributed by atoms with van der Waals surface area (Å²) in [4.78, 5) is 7.21. The minimum atomic E-state index is -0.355. The molecular formula is C19H18FN3O2. The Morgan fingerprint density at radius 1 is 1.20 bits per heavy atom. The molecule has 5 nitrogen and oxygen atoms in total. The molecule has 0 spiro atoms. The lowest BCUT2D eigenvalue weighted by atomic mass is 10.1. The molecule has 0 bridgehead atoms. The third-order valence-electron chi connectivity index (χ3n) is 4.32. The summed E-state index contributed by atoms with van der Waals surface area (Å²) in [6, 6.07) is 12.1. The number of halogens is 1. The first-order valence-corrected chi connectivity index (χ1v) is 8.17. The van der Waals surface area contributed by atoms with Crippen LogP contribution in [0.15, 0.2) is 47.5 Å². The van der Waals surface area contributed by atoms with Gasteiger partial charge < -0.3 is 20.1 Å². The van der Waals surface area contributed by atoms with E-state index in [2.05, 4.69) is 15.3 Å². The Hall–Kier alpha value is -2.70. The SMILES string of the molecule is Oc1[nH]c2ccc(F)cc2c1C=Nc1ccc(C2CNCCO2)cc1. The van der Waals surface area contributed by atoms with E-state index in [1.807, 2.05) is 24.3 Å². The van der Waals surface area contributed by atoms with Crippen molar-refractivity contribution in [1.82, 2.24) is 10.3 Å². The van der Waals surface area contributed by atoms with Crippen molar-refractivity contribution in [2.45, 2.75) is 6.10 Å². The van der Waals surface area contributed by atoms with E-state index >= 15 is 0 Å². The fourth-order valence-electron chi connectivity index (χ4n) is 3.00. The molecule has 2 aromatic carbocycles. The number of aromatic amines is 1. The summed E-state index contributed by atoms with van der Waals surface area (Å²) in [5, 5.41) is 13.9. The van der Waals surface area contributed by atoms with E-state index in [1.54, 1.807) is 12.3 Å². The van der Waals surface area contributed by atoms with Crippen LogP contribution in [0.1, 0.15) is 17.2 Å². The van der Waals surface area contributed by atoms with Gasteiger partial charge in [-0.15, -0.1) is 0 Å². The minimum absolute atomic E-state index is 0.0253. The van der Waals surface area contributed by atoms with Crippen LogP contribution in [0.3, 0.4) is 0 Å². The number of morpholine rings is 1. The lowest BCUT2D eigenvalue weighted by Gasteiger charge is -2.23. The van der Waals surface area contributed by atoms with Gasteiger partial charge in [0.15, 0.2) is 5.88 Å². The van der Waals surface area contributed by atoms with Crippen LogP contribution < -0.4 is 5.32 Å². The van der Waals surface area contributed by atoms with E-state index < -0.39 is 0 Å². The van der Waals surface area contributed by atoms with Gasteiger partial charge in [0.25, 0.3) is 0 Å². The highest BCUT2D eigenvalue weighted by molar-refractivity contribution is 6.02. The lowest BCUT2D eigenvalue weighted by Crippen LogP contribution is -2.33. The molecule has 1 saturated heterocycles. The molecule has 128 valence electrons. The molecule has 1 aromatic heterocycles. The maximum absolute atomic E-state index is 13.5. The van der Waals surface area contributed by atoms with Crippen molar-refractivity contribution in [2.75, 3.05) is 19.7 Å². The summed E-state index contributed by atoms with van der Waals surface area (Å²) >= 11 is 0. The zero-order chi connectivity index (χ0) is 17.2. The predicted octanol–water partition coefficient (Wildman–Crippen LogP) is 3.42. The van der Waals surface area contributed by atoms with Gasteiger partial charge in [-0.25, -0.2) is 4.39 Å². The van der Waals surface area contributed by atoms with Crippen LogP contribution in [0, 0.1) is 5.82 Å². The van der Waals surface area contributed by atoms with E-state index in [-0.39, 0.29) is 17.8 Å². The first-order chi connectivity index (χ1) is 12.2. The van der Waals surface area contributed by atoms with Crippen molar-refractivity contribution in [1.29, 1.82) is 0 Å². The van der Waals surface area contributed by atoms with Crippen LogP contribution in [0.5, 0.6) is 5.88 Å². The Morgan fingerprint density at radius 3 is 2.80 bits per heavy atom. The predicted molar refractivity (Wildman–Crippen MR) is 95.2 cm³/mol. The van der Waals surface area contributed by atoms with Crippen molar-refractivity contribution in [2.24, 2.45) is 4.99 Å². The normalized spacial score (nSPS) is 18.2. The zero-order valence-corrected chi connectivity index (χ0v) is 13.5. The van der Waals surface area contributed by atoms with Crippen LogP contribution in [0.4, 0.5) is 10.1 Å². The molecule has 1 aliphatic heterocycles. The Labute approximate surface area is 144 Å². The number of aromatic hydroxyl groups is 1. The summed E-state index contributed by atoms with van der Waals surface area (Å²) in [5.74, 6) is -0.380. The van der Waals surface area contributed by atoms with Crippen LogP contribution in [-0.2, 0) is 4.74 Å². The average Bonchev–Trinajstić information content (AvgIpc) is 2.96. The van der Waals surface area contributed by atoms with E-state index in [1.165, 1.54) is 12.1 Å². The Morgan fingerprint density at radius 2 is 2.04 bits per heavy atom. The zero-order valence-electron chi connectivity index (χ0n) is 13.5. The van der Waals surface area contributed by atoms with E-state index in [9.17, 15) is 9.50 Å². The van der Waals surface area contributed by atoms with Gasteiger partial charge in [0.2, 0.25) is 0 Å². The monoisotopic (exact) mass is 339 g/mol. The fraction of sp³-hybridized carbons (Fsp3) is 0.211. The molecule has 1 atom stereocenters. The second-order valence-corrected chi connectivity index (χ2v) is 5.99. The second-order valence-electron chi connectivity index (χ2n) is 5.99. The van der Waals surface area contributed by atoms with Crippen molar-refractivity contribution < 1.29 is 14.2 Å². The van der Waals surface area contributed by atoms with Crippen LogP contribution in [0.25, 0.3) is 10.9 Å². The van der Waals surface area contributed by atoms with E-state index in [4.69, 9.17) is 4.74 Å². The summed E-state index contributed by atoms with van der Waals surface area (Å²) in [7, 11) is 0. The summed E-state index contributed by atoms with van der Waals surface area (Å²) in [5.41, 5.74) is 2.98. The molecule has 0 aliphatic carbocycles. The van der Waals surface area contributed by atoms with E-state index in [0.717, 1.165) is 24.3 Å². The molecule has 6 heteroatoms. The number of ether oxygens (including phenoxy) is 1. The van der Waals surface area contributed by atoms with Gasteiger partial charge in [-0.2, -0.15) is 0 Å².